The summed E-state index contributed by atoms with van der Waals surface area (Å²) in [5.41, 5.74) is 0. The molecule has 1 fully saturated rings. The first kappa shape index (κ1) is 12.1. The lowest BCUT2D eigenvalue weighted by atomic mass is 10.1. The van der Waals surface area contributed by atoms with Crippen molar-refractivity contribution in [2.24, 2.45) is 0 Å². The van der Waals surface area contributed by atoms with E-state index in [0.717, 1.165) is 17.7 Å². The van der Waals surface area contributed by atoms with Crippen LogP contribution in [0.2, 0.25) is 0 Å². The average Bonchev–Trinajstić information content (AvgIpc) is 2.84. The summed E-state index contributed by atoms with van der Waals surface area (Å²) in [7, 11) is 0. The Hall–Kier alpha value is 0.640. The van der Waals surface area contributed by atoms with Crippen molar-refractivity contribution in [1.29, 1.82) is 0 Å². The summed E-state index contributed by atoms with van der Waals surface area (Å²) >= 11 is 9.77. The number of hydrogen-bond donors (Lipinski definition) is 0. The monoisotopic (exact) mass is 358 g/mol. The minimum Gasteiger partial charge on any atom is -0.343 e. The largest absolute Gasteiger partial charge is 0.343 e. The zero-order valence-electron chi connectivity index (χ0n) is 8.17. The molecule has 0 spiro atoms. The molecule has 2 rings (SSSR count). The molecule has 84 valence electrons. The van der Waals surface area contributed by atoms with Crippen molar-refractivity contribution in [3.8, 4) is 0 Å². The zero-order chi connectivity index (χ0) is 10.7. The van der Waals surface area contributed by atoms with Gasteiger partial charge in [-0.2, -0.15) is 0 Å². The van der Waals surface area contributed by atoms with Crippen LogP contribution in [-0.4, -0.2) is 19.1 Å². The first-order valence-corrected chi connectivity index (χ1v) is 7.29. The third-order valence-corrected chi connectivity index (χ3v) is 4.63. The Labute approximate surface area is 112 Å². The predicted octanol–water partition coefficient (Wildman–Crippen LogP) is 3.57. The molecule has 1 aromatic rings. The molecule has 0 aromatic carbocycles. The summed E-state index contributed by atoms with van der Waals surface area (Å²) in [6.45, 7) is 1.35. The summed E-state index contributed by atoms with van der Waals surface area (Å²) in [6, 6.07) is 4.18. The SMILES string of the molecule is ClCCCC1(c2ccc(I)s2)OCCO1. The van der Waals surface area contributed by atoms with Gasteiger partial charge in [-0.3, -0.25) is 0 Å². The van der Waals surface area contributed by atoms with Crippen molar-refractivity contribution in [2.75, 3.05) is 19.1 Å². The normalized spacial score (nSPS) is 19.6. The van der Waals surface area contributed by atoms with Crippen molar-refractivity contribution in [2.45, 2.75) is 18.6 Å². The highest BCUT2D eigenvalue weighted by molar-refractivity contribution is 14.1. The summed E-state index contributed by atoms with van der Waals surface area (Å²) < 4.78 is 12.8. The van der Waals surface area contributed by atoms with Crippen LogP contribution in [0.15, 0.2) is 12.1 Å². The molecule has 0 bridgehead atoms. The summed E-state index contributed by atoms with van der Waals surface area (Å²) in [5, 5.41) is 0. The van der Waals surface area contributed by atoms with Crippen molar-refractivity contribution in [3.63, 3.8) is 0 Å². The van der Waals surface area contributed by atoms with Crippen LogP contribution in [0.5, 0.6) is 0 Å². The summed E-state index contributed by atoms with van der Waals surface area (Å²) in [6.07, 6.45) is 1.75. The second kappa shape index (κ2) is 5.31. The van der Waals surface area contributed by atoms with Crippen LogP contribution in [-0.2, 0) is 15.3 Å². The maximum absolute atomic E-state index is 5.77. The Morgan fingerprint density at radius 3 is 2.67 bits per heavy atom. The van der Waals surface area contributed by atoms with Gasteiger partial charge in [0.1, 0.15) is 0 Å². The molecule has 0 amide bonds. The van der Waals surface area contributed by atoms with Gasteiger partial charge in [-0.1, -0.05) is 0 Å². The van der Waals surface area contributed by atoms with Crippen LogP contribution in [0.4, 0.5) is 0 Å². The number of ether oxygens (including phenoxy) is 2. The van der Waals surface area contributed by atoms with Gasteiger partial charge in [0.05, 0.1) is 21.0 Å². The Morgan fingerprint density at radius 2 is 2.13 bits per heavy atom. The van der Waals surface area contributed by atoms with Gasteiger partial charge in [-0.15, -0.1) is 22.9 Å². The number of thiophene rings is 1. The van der Waals surface area contributed by atoms with E-state index in [9.17, 15) is 0 Å². The topological polar surface area (TPSA) is 18.5 Å². The van der Waals surface area contributed by atoms with E-state index in [4.69, 9.17) is 21.1 Å². The maximum Gasteiger partial charge on any atom is 0.204 e. The standard InChI is InChI=1S/C10H12ClIO2S/c11-5-1-4-10(13-6-7-14-10)8-2-3-9(12)15-8/h2-3H,1,4-7H2. The molecule has 1 saturated heterocycles. The lowest BCUT2D eigenvalue weighted by molar-refractivity contribution is -0.168. The van der Waals surface area contributed by atoms with Gasteiger partial charge in [0.2, 0.25) is 5.79 Å². The van der Waals surface area contributed by atoms with E-state index in [0.29, 0.717) is 19.1 Å². The maximum atomic E-state index is 5.77. The van der Waals surface area contributed by atoms with Gasteiger partial charge in [0.25, 0.3) is 0 Å². The van der Waals surface area contributed by atoms with Crippen molar-refractivity contribution >= 4 is 45.5 Å². The van der Waals surface area contributed by atoms with Crippen LogP contribution in [0.25, 0.3) is 0 Å². The molecule has 2 heterocycles. The number of alkyl halides is 1. The lowest BCUT2D eigenvalue weighted by Crippen LogP contribution is -2.26. The smallest absolute Gasteiger partial charge is 0.204 e. The van der Waals surface area contributed by atoms with E-state index in [2.05, 4.69) is 34.7 Å². The second-order valence-electron chi connectivity index (χ2n) is 3.35. The van der Waals surface area contributed by atoms with Crippen LogP contribution in [0, 0.1) is 2.88 Å². The van der Waals surface area contributed by atoms with Crippen molar-refractivity contribution in [1.82, 2.24) is 0 Å². The second-order valence-corrected chi connectivity index (χ2v) is 6.70. The van der Waals surface area contributed by atoms with Crippen LogP contribution in [0.1, 0.15) is 17.7 Å². The molecular formula is C10H12ClIO2S. The minimum absolute atomic E-state index is 0.511. The van der Waals surface area contributed by atoms with Gasteiger partial charge in [0, 0.05) is 12.3 Å². The predicted molar refractivity (Wildman–Crippen MR) is 70.6 cm³/mol. The number of halogens is 2. The molecule has 0 atom stereocenters. The zero-order valence-corrected chi connectivity index (χ0v) is 11.9. The van der Waals surface area contributed by atoms with E-state index in [1.165, 1.54) is 2.88 Å². The van der Waals surface area contributed by atoms with E-state index < -0.39 is 5.79 Å². The molecule has 1 aliphatic heterocycles. The summed E-state index contributed by atoms with van der Waals surface area (Å²) in [4.78, 5) is 1.16. The van der Waals surface area contributed by atoms with Crippen LogP contribution >= 0.6 is 45.5 Å². The Bertz CT molecular complexity index is 323. The first-order valence-electron chi connectivity index (χ1n) is 4.86. The summed E-state index contributed by atoms with van der Waals surface area (Å²) in [5.74, 6) is 0.139. The molecular weight excluding hydrogens is 347 g/mol. The molecule has 0 aliphatic carbocycles. The van der Waals surface area contributed by atoms with Gasteiger partial charge < -0.3 is 9.47 Å². The highest BCUT2D eigenvalue weighted by atomic mass is 127. The van der Waals surface area contributed by atoms with E-state index in [1.807, 2.05) is 0 Å². The molecule has 0 radical (unpaired) electrons. The van der Waals surface area contributed by atoms with Crippen molar-refractivity contribution < 1.29 is 9.47 Å². The van der Waals surface area contributed by atoms with E-state index in [-0.39, 0.29) is 0 Å². The van der Waals surface area contributed by atoms with Gasteiger partial charge in [-0.05, 0) is 41.1 Å². The third-order valence-electron chi connectivity index (χ3n) is 2.34. The molecule has 1 aliphatic rings. The lowest BCUT2D eigenvalue weighted by Gasteiger charge is -2.25. The van der Waals surface area contributed by atoms with Crippen molar-refractivity contribution in [3.05, 3.63) is 19.9 Å². The molecule has 1 aromatic heterocycles. The van der Waals surface area contributed by atoms with Crippen LogP contribution in [0.3, 0.4) is 0 Å². The van der Waals surface area contributed by atoms with E-state index in [1.54, 1.807) is 11.3 Å². The fourth-order valence-corrected chi connectivity index (χ4v) is 3.57. The number of hydrogen-bond acceptors (Lipinski definition) is 3. The van der Waals surface area contributed by atoms with Gasteiger partial charge in [0.15, 0.2) is 0 Å². The van der Waals surface area contributed by atoms with Crippen LogP contribution < -0.4 is 0 Å². The Kier molecular flexibility index (Phi) is 4.29. The van der Waals surface area contributed by atoms with Gasteiger partial charge in [-0.25, -0.2) is 0 Å². The fourth-order valence-electron chi connectivity index (χ4n) is 1.68. The highest BCUT2D eigenvalue weighted by Crippen LogP contribution is 2.39. The molecule has 0 saturated carbocycles. The molecule has 0 unspecified atom stereocenters. The Morgan fingerprint density at radius 1 is 1.40 bits per heavy atom. The number of rotatable bonds is 4. The average molecular weight is 359 g/mol. The Balaban J connectivity index is 2.18. The third kappa shape index (κ3) is 2.66. The molecule has 15 heavy (non-hydrogen) atoms. The minimum atomic E-state index is -0.511. The molecule has 0 N–H and O–H groups in total. The molecule has 5 heteroatoms. The van der Waals surface area contributed by atoms with Gasteiger partial charge >= 0.3 is 0 Å². The first-order chi connectivity index (χ1) is 7.27. The fraction of sp³-hybridized carbons (Fsp3) is 0.600. The highest BCUT2D eigenvalue weighted by Gasteiger charge is 2.39. The quantitative estimate of drug-likeness (QED) is 0.605. The van der Waals surface area contributed by atoms with E-state index >= 15 is 0 Å². The molecule has 2 nitrogen and oxygen atoms in total.